The molecule has 4 rings (SSSR count). The van der Waals surface area contributed by atoms with Crippen LogP contribution in [0.2, 0.25) is 0 Å². The van der Waals surface area contributed by atoms with Crippen LogP contribution in [0.15, 0.2) is 83.8 Å². The van der Waals surface area contributed by atoms with E-state index >= 15 is 0 Å². The van der Waals surface area contributed by atoms with Crippen LogP contribution >= 0.6 is 22.6 Å². The average Bonchev–Trinajstić information content (AvgIpc) is 3.12. The van der Waals surface area contributed by atoms with Crippen molar-refractivity contribution in [3.8, 4) is 5.75 Å². The van der Waals surface area contributed by atoms with Gasteiger partial charge in [0.25, 0.3) is 10.0 Å². The maximum atomic E-state index is 13.5. The first-order chi connectivity index (χ1) is 15.4. The first-order valence-corrected chi connectivity index (χ1v) is 12.4. The summed E-state index contributed by atoms with van der Waals surface area (Å²) in [4.78, 5) is 12.9. The SMILES string of the molecule is CCOC(=O)c1c(I)c2cc(OCc3ccccc3)ccc2n1S(=O)(=O)c1ccccc1. The summed E-state index contributed by atoms with van der Waals surface area (Å²) < 4.78 is 39.7. The van der Waals surface area contributed by atoms with Gasteiger partial charge in [-0.25, -0.2) is 17.2 Å². The molecule has 0 saturated carbocycles. The molecule has 0 aliphatic carbocycles. The monoisotopic (exact) mass is 561 g/mol. The fourth-order valence-electron chi connectivity index (χ4n) is 3.36. The van der Waals surface area contributed by atoms with Crippen LogP contribution in [-0.2, 0) is 21.4 Å². The van der Waals surface area contributed by atoms with E-state index in [1.807, 2.05) is 52.9 Å². The van der Waals surface area contributed by atoms with Gasteiger partial charge in [0.1, 0.15) is 12.4 Å². The quantitative estimate of drug-likeness (QED) is 0.228. The molecule has 0 amide bonds. The fourth-order valence-corrected chi connectivity index (χ4v) is 5.95. The van der Waals surface area contributed by atoms with Gasteiger partial charge in [-0.1, -0.05) is 48.5 Å². The van der Waals surface area contributed by atoms with E-state index < -0.39 is 16.0 Å². The van der Waals surface area contributed by atoms with Crippen molar-refractivity contribution in [2.75, 3.05) is 6.61 Å². The summed E-state index contributed by atoms with van der Waals surface area (Å²) in [5.41, 5.74) is 1.37. The molecule has 0 radical (unpaired) electrons. The number of carbonyl (C=O) groups excluding carboxylic acids is 1. The van der Waals surface area contributed by atoms with Crippen LogP contribution in [0.4, 0.5) is 0 Å². The summed E-state index contributed by atoms with van der Waals surface area (Å²) in [6.45, 7) is 2.18. The molecule has 0 fully saturated rings. The van der Waals surface area contributed by atoms with Gasteiger partial charge in [0.05, 0.1) is 20.6 Å². The maximum absolute atomic E-state index is 13.5. The Labute approximate surface area is 200 Å². The van der Waals surface area contributed by atoms with Gasteiger partial charge >= 0.3 is 5.97 Å². The zero-order valence-corrected chi connectivity index (χ0v) is 20.2. The van der Waals surface area contributed by atoms with Gasteiger partial charge in [0.15, 0.2) is 5.69 Å². The number of aromatic nitrogens is 1. The number of nitrogens with zero attached hydrogens (tertiary/aromatic N) is 1. The van der Waals surface area contributed by atoms with E-state index in [4.69, 9.17) is 9.47 Å². The van der Waals surface area contributed by atoms with E-state index in [9.17, 15) is 13.2 Å². The van der Waals surface area contributed by atoms with E-state index in [0.29, 0.717) is 26.8 Å². The number of benzene rings is 3. The molecular formula is C24H20INO5S. The second-order valence-electron chi connectivity index (χ2n) is 6.92. The van der Waals surface area contributed by atoms with Crippen molar-refractivity contribution in [3.05, 3.63) is 93.7 Å². The topological polar surface area (TPSA) is 74.6 Å². The molecule has 164 valence electrons. The summed E-state index contributed by atoms with van der Waals surface area (Å²) in [5.74, 6) is -0.122. The highest BCUT2D eigenvalue weighted by molar-refractivity contribution is 14.1. The van der Waals surface area contributed by atoms with Crippen LogP contribution in [0.3, 0.4) is 0 Å². The maximum Gasteiger partial charge on any atom is 0.357 e. The minimum atomic E-state index is -4.04. The first-order valence-electron chi connectivity index (χ1n) is 9.92. The number of esters is 1. The molecule has 8 heteroatoms. The molecule has 6 nitrogen and oxygen atoms in total. The first kappa shape index (κ1) is 22.3. The van der Waals surface area contributed by atoms with E-state index in [2.05, 4.69) is 0 Å². The normalized spacial score (nSPS) is 11.4. The minimum Gasteiger partial charge on any atom is -0.489 e. The average molecular weight is 561 g/mol. The number of hydrogen-bond acceptors (Lipinski definition) is 5. The van der Waals surface area contributed by atoms with Gasteiger partial charge in [-0.3, -0.25) is 0 Å². The Morgan fingerprint density at radius 2 is 1.62 bits per heavy atom. The van der Waals surface area contributed by atoms with Gasteiger partial charge in [-0.05, 0) is 65.4 Å². The highest BCUT2D eigenvalue weighted by atomic mass is 127. The molecule has 3 aromatic carbocycles. The van der Waals surface area contributed by atoms with E-state index in [-0.39, 0.29) is 17.2 Å². The highest BCUT2D eigenvalue weighted by Gasteiger charge is 2.30. The van der Waals surface area contributed by atoms with E-state index in [1.54, 1.807) is 43.3 Å². The second-order valence-corrected chi connectivity index (χ2v) is 9.78. The largest absolute Gasteiger partial charge is 0.489 e. The standard InChI is InChI=1S/C24H20INO5S/c1-2-30-24(27)23-22(25)20-15-18(31-16-17-9-5-3-6-10-17)13-14-21(20)26(23)32(28,29)19-11-7-4-8-12-19/h3-15H,2,16H2,1H3. The summed E-state index contributed by atoms with van der Waals surface area (Å²) in [7, 11) is -4.04. The number of rotatable bonds is 7. The summed E-state index contributed by atoms with van der Waals surface area (Å²) in [5, 5.41) is 0.596. The predicted octanol–water partition coefficient (Wildman–Crippen LogP) is 5.24. The van der Waals surface area contributed by atoms with Crippen molar-refractivity contribution < 1.29 is 22.7 Å². The Hall–Kier alpha value is -2.85. The summed E-state index contributed by atoms with van der Waals surface area (Å²) in [6.07, 6.45) is 0. The molecule has 1 heterocycles. The lowest BCUT2D eigenvalue weighted by molar-refractivity contribution is 0.0517. The van der Waals surface area contributed by atoms with E-state index in [0.717, 1.165) is 9.54 Å². The third-order valence-electron chi connectivity index (χ3n) is 4.83. The molecular weight excluding hydrogens is 541 g/mol. The lowest BCUT2D eigenvalue weighted by atomic mass is 10.2. The lowest BCUT2D eigenvalue weighted by Gasteiger charge is -2.12. The Kier molecular flexibility index (Phi) is 6.52. The van der Waals surface area contributed by atoms with Crippen LogP contribution in [-0.4, -0.2) is 25.0 Å². The van der Waals surface area contributed by atoms with Crippen molar-refractivity contribution in [2.45, 2.75) is 18.4 Å². The predicted molar refractivity (Wildman–Crippen MR) is 130 cm³/mol. The van der Waals surface area contributed by atoms with Gasteiger partial charge in [-0.15, -0.1) is 0 Å². The molecule has 0 spiro atoms. The Morgan fingerprint density at radius 3 is 2.28 bits per heavy atom. The number of halogens is 1. The van der Waals surface area contributed by atoms with Gasteiger partial charge in [0.2, 0.25) is 0 Å². The second kappa shape index (κ2) is 9.33. The van der Waals surface area contributed by atoms with E-state index in [1.165, 1.54) is 12.1 Å². The molecule has 4 aromatic rings. The molecule has 0 N–H and O–H groups in total. The number of fused-ring (bicyclic) bond motifs is 1. The zero-order valence-electron chi connectivity index (χ0n) is 17.2. The van der Waals surface area contributed by atoms with Crippen molar-refractivity contribution in [1.82, 2.24) is 3.97 Å². The Balaban J connectivity index is 1.84. The number of hydrogen-bond donors (Lipinski definition) is 0. The van der Waals surface area contributed by atoms with Crippen LogP contribution in [0, 0.1) is 3.57 Å². The smallest absolute Gasteiger partial charge is 0.357 e. The summed E-state index contributed by atoms with van der Waals surface area (Å²) >= 11 is 1.99. The molecule has 0 aliphatic rings. The zero-order chi connectivity index (χ0) is 22.7. The van der Waals surface area contributed by atoms with Crippen LogP contribution in [0.1, 0.15) is 23.0 Å². The Bertz CT molecular complexity index is 1370. The Morgan fingerprint density at radius 1 is 0.969 bits per heavy atom. The molecule has 1 aromatic heterocycles. The van der Waals surface area contributed by atoms with Crippen molar-refractivity contribution >= 4 is 49.5 Å². The van der Waals surface area contributed by atoms with Crippen molar-refractivity contribution in [3.63, 3.8) is 0 Å². The molecule has 0 aliphatic heterocycles. The molecule has 32 heavy (non-hydrogen) atoms. The third-order valence-corrected chi connectivity index (χ3v) is 7.65. The number of ether oxygens (including phenoxy) is 2. The van der Waals surface area contributed by atoms with Crippen LogP contribution in [0.25, 0.3) is 10.9 Å². The van der Waals surface area contributed by atoms with Crippen molar-refractivity contribution in [1.29, 1.82) is 0 Å². The molecule has 0 atom stereocenters. The van der Waals surface area contributed by atoms with Crippen molar-refractivity contribution in [2.24, 2.45) is 0 Å². The molecule has 0 unspecified atom stereocenters. The molecule has 0 bridgehead atoms. The highest BCUT2D eigenvalue weighted by Crippen LogP contribution is 2.34. The number of carbonyl (C=O) groups is 1. The van der Waals surface area contributed by atoms with Gasteiger partial charge in [0, 0.05) is 5.39 Å². The fraction of sp³-hybridized carbons (Fsp3) is 0.125. The van der Waals surface area contributed by atoms with Crippen LogP contribution in [0.5, 0.6) is 5.75 Å². The summed E-state index contributed by atoms with van der Waals surface area (Å²) in [6, 6.07) is 22.9. The lowest BCUT2D eigenvalue weighted by Crippen LogP contribution is -2.20. The van der Waals surface area contributed by atoms with Gasteiger partial charge < -0.3 is 9.47 Å². The van der Waals surface area contributed by atoms with Gasteiger partial charge in [-0.2, -0.15) is 0 Å². The molecule has 0 saturated heterocycles. The minimum absolute atomic E-state index is 0.0217. The third kappa shape index (κ3) is 4.24. The van der Waals surface area contributed by atoms with Crippen LogP contribution < -0.4 is 4.74 Å².